The van der Waals surface area contributed by atoms with Crippen LogP contribution in [0.15, 0.2) is 60.9 Å². The van der Waals surface area contributed by atoms with Crippen molar-refractivity contribution >= 4 is 46.6 Å². The highest BCUT2D eigenvalue weighted by Crippen LogP contribution is 2.33. The molecule has 3 rings (SSSR count). The summed E-state index contributed by atoms with van der Waals surface area (Å²) >= 11 is 12.3. The van der Waals surface area contributed by atoms with Crippen molar-refractivity contribution in [3.05, 3.63) is 76.5 Å². The highest BCUT2D eigenvalue weighted by Gasteiger charge is 2.19. The fraction of sp³-hybridized carbons (Fsp3) is 0.150. The van der Waals surface area contributed by atoms with Crippen LogP contribution < -0.4 is 9.80 Å². The van der Waals surface area contributed by atoms with Crippen molar-refractivity contribution in [1.29, 1.82) is 0 Å². The van der Waals surface area contributed by atoms with Crippen LogP contribution in [0.1, 0.15) is 12.5 Å². The van der Waals surface area contributed by atoms with Crippen LogP contribution in [0.3, 0.4) is 0 Å². The van der Waals surface area contributed by atoms with E-state index in [1.54, 1.807) is 19.1 Å². The van der Waals surface area contributed by atoms with E-state index in [0.29, 0.717) is 23.3 Å². The van der Waals surface area contributed by atoms with Crippen molar-refractivity contribution in [2.24, 2.45) is 0 Å². The SMILES string of the molecule is CCOC(=O)/C=C/c1ccccc1N1C=CN(c2ccc(Cl)cc2Cl)C1. The molecule has 6 heteroatoms. The van der Waals surface area contributed by atoms with E-state index in [1.165, 1.54) is 6.08 Å². The van der Waals surface area contributed by atoms with Crippen molar-refractivity contribution < 1.29 is 9.53 Å². The zero-order valence-electron chi connectivity index (χ0n) is 14.2. The molecular formula is C20H18Cl2N2O2. The monoisotopic (exact) mass is 388 g/mol. The highest BCUT2D eigenvalue weighted by atomic mass is 35.5. The van der Waals surface area contributed by atoms with E-state index < -0.39 is 0 Å². The Balaban J connectivity index is 1.79. The first-order valence-corrected chi connectivity index (χ1v) is 8.94. The molecule has 0 fully saturated rings. The van der Waals surface area contributed by atoms with Gasteiger partial charge in [0, 0.05) is 29.2 Å². The van der Waals surface area contributed by atoms with Crippen molar-refractivity contribution in [1.82, 2.24) is 0 Å². The Hall–Kier alpha value is -2.43. The lowest BCUT2D eigenvalue weighted by molar-refractivity contribution is -0.137. The molecule has 0 aliphatic carbocycles. The molecule has 26 heavy (non-hydrogen) atoms. The highest BCUT2D eigenvalue weighted by molar-refractivity contribution is 6.36. The van der Waals surface area contributed by atoms with Gasteiger partial charge in [0.2, 0.25) is 0 Å². The van der Waals surface area contributed by atoms with Gasteiger partial charge in [0.25, 0.3) is 0 Å². The van der Waals surface area contributed by atoms with Crippen LogP contribution in [0.2, 0.25) is 10.0 Å². The predicted octanol–water partition coefficient (Wildman–Crippen LogP) is 5.33. The number of carbonyl (C=O) groups is 1. The van der Waals surface area contributed by atoms with Gasteiger partial charge in [-0.15, -0.1) is 0 Å². The molecule has 0 bridgehead atoms. The van der Waals surface area contributed by atoms with Crippen LogP contribution in [0.25, 0.3) is 6.08 Å². The number of anilines is 2. The zero-order valence-corrected chi connectivity index (χ0v) is 15.7. The molecule has 0 N–H and O–H groups in total. The fourth-order valence-electron chi connectivity index (χ4n) is 2.68. The number of ether oxygens (including phenoxy) is 1. The molecule has 0 spiro atoms. The molecule has 0 radical (unpaired) electrons. The largest absolute Gasteiger partial charge is 0.463 e. The lowest BCUT2D eigenvalue weighted by Gasteiger charge is -2.23. The molecule has 134 valence electrons. The minimum Gasteiger partial charge on any atom is -0.463 e. The van der Waals surface area contributed by atoms with Crippen LogP contribution in [0.5, 0.6) is 0 Å². The third-order valence-corrected chi connectivity index (χ3v) is 4.42. The molecule has 1 aliphatic rings. The fourth-order valence-corrected chi connectivity index (χ4v) is 3.20. The summed E-state index contributed by atoms with van der Waals surface area (Å²) in [5.74, 6) is -0.353. The quantitative estimate of drug-likeness (QED) is 0.512. The van der Waals surface area contributed by atoms with Gasteiger partial charge in [-0.25, -0.2) is 4.79 Å². The first-order chi connectivity index (χ1) is 12.6. The molecule has 0 amide bonds. The number of benzene rings is 2. The average molecular weight is 389 g/mol. The van der Waals surface area contributed by atoms with Gasteiger partial charge in [-0.3, -0.25) is 0 Å². The van der Waals surface area contributed by atoms with Crippen LogP contribution >= 0.6 is 23.2 Å². The number of carbonyl (C=O) groups excluding carboxylic acids is 1. The van der Waals surface area contributed by atoms with Crippen molar-refractivity contribution in [2.45, 2.75) is 6.92 Å². The standard InChI is InChI=1S/C20H18Cl2N2O2/c1-2-26-20(25)10-7-15-5-3-4-6-18(15)23-11-12-24(14-23)19-9-8-16(21)13-17(19)22/h3-13H,2,14H2,1H3/b10-7+. The van der Waals surface area contributed by atoms with Gasteiger partial charge in [-0.1, -0.05) is 41.4 Å². The summed E-state index contributed by atoms with van der Waals surface area (Å²) in [7, 11) is 0. The maximum absolute atomic E-state index is 11.6. The maximum Gasteiger partial charge on any atom is 0.330 e. The van der Waals surface area contributed by atoms with Crippen molar-refractivity contribution in [2.75, 3.05) is 23.1 Å². The summed E-state index contributed by atoms with van der Waals surface area (Å²) in [4.78, 5) is 15.7. The molecule has 0 saturated heterocycles. The zero-order chi connectivity index (χ0) is 18.5. The minimum atomic E-state index is -0.353. The molecule has 0 unspecified atom stereocenters. The Bertz CT molecular complexity index is 865. The van der Waals surface area contributed by atoms with E-state index in [9.17, 15) is 4.79 Å². The smallest absolute Gasteiger partial charge is 0.330 e. The van der Waals surface area contributed by atoms with E-state index in [-0.39, 0.29) is 5.97 Å². The number of nitrogens with zero attached hydrogens (tertiary/aromatic N) is 2. The molecule has 0 aromatic heterocycles. The van der Waals surface area contributed by atoms with E-state index in [4.69, 9.17) is 27.9 Å². The Kier molecular flexibility index (Phi) is 5.86. The Morgan fingerprint density at radius 2 is 1.85 bits per heavy atom. The van der Waals surface area contributed by atoms with Gasteiger partial charge in [0.15, 0.2) is 0 Å². The third kappa shape index (κ3) is 4.21. The van der Waals surface area contributed by atoms with E-state index in [1.807, 2.05) is 53.7 Å². The second-order valence-corrected chi connectivity index (χ2v) is 6.46. The molecule has 0 atom stereocenters. The van der Waals surface area contributed by atoms with Gasteiger partial charge < -0.3 is 14.5 Å². The van der Waals surface area contributed by atoms with Crippen molar-refractivity contribution in [3.63, 3.8) is 0 Å². The number of esters is 1. The van der Waals surface area contributed by atoms with Crippen molar-refractivity contribution in [3.8, 4) is 0 Å². The minimum absolute atomic E-state index is 0.353. The number of hydrogen-bond donors (Lipinski definition) is 0. The van der Waals surface area contributed by atoms with Crippen LogP contribution in [0, 0.1) is 0 Å². The summed E-state index contributed by atoms with van der Waals surface area (Å²) in [6.07, 6.45) is 7.14. The van der Waals surface area contributed by atoms with Crippen LogP contribution in [-0.4, -0.2) is 19.2 Å². The summed E-state index contributed by atoms with van der Waals surface area (Å²) < 4.78 is 4.94. The van der Waals surface area contributed by atoms with Gasteiger partial charge in [-0.05, 0) is 42.8 Å². The van der Waals surface area contributed by atoms with E-state index >= 15 is 0 Å². The Labute approximate surface area is 162 Å². The number of rotatable bonds is 5. The summed E-state index contributed by atoms with van der Waals surface area (Å²) in [5.41, 5.74) is 2.79. The number of halogens is 2. The Morgan fingerprint density at radius 1 is 1.12 bits per heavy atom. The summed E-state index contributed by atoms with van der Waals surface area (Å²) in [6, 6.07) is 13.3. The normalized spacial score (nSPS) is 13.7. The molecule has 2 aromatic rings. The van der Waals surface area contributed by atoms with E-state index in [2.05, 4.69) is 4.90 Å². The summed E-state index contributed by atoms with van der Waals surface area (Å²) in [5, 5.41) is 1.20. The number of para-hydroxylation sites is 1. The first-order valence-electron chi connectivity index (χ1n) is 8.19. The van der Waals surface area contributed by atoms with E-state index in [0.717, 1.165) is 16.9 Å². The molecule has 2 aromatic carbocycles. The van der Waals surface area contributed by atoms with Gasteiger partial charge in [-0.2, -0.15) is 0 Å². The van der Waals surface area contributed by atoms with Gasteiger partial charge >= 0.3 is 5.97 Å². The maximum atomic E-state index is 11.6. The molecule has 4 nitrogen and oxygen atoms in total. The van der Waals surface area contributed by atoms with Gasteiger partial charge in [0.05, 0.1) is 24.0 Å². The van der Waals surface area contributed by atoms with Crippen LogP contribution in [-0.2, 0) is 9.53 Å². The summed E-state index contributed by atoms with van der Waals surface area (Å²) in [6.45, 7) is 2.74. The molecule has 1 heterocycles. The average Bonchev–Trinajstić information content (AvgIpc) is 3.10. The first kappa shape index (κ1) is 18.4. The Morgan fingerprint density at radius 3 is 2.58 bits per heavy atom. The van der Waals surface area contributed by atoms with Crippen LogP contribution in [0.4, 0.5) is 11.4 Å². The molecule has 0 saturated carbocycles. The lowest BCUT2D eigenvalue weighted by Crippen LogP contribution is -2.25. The topological polar surface area (TPSA) is 32.8 Å². The lowest BCUT2D eigenvalue weighted by atomic mass is 10.1. The third-order valence-electron chi connectivity index (χ3n) is 3.88. The predicted molar refractivity (Wildman–Crippen MR) is 108 cm³/mol. The molecular weight excluding hydrogens is 371 g/mol. The molecule has 1 aliphatic heterocycles. The second-order valence-electron chi connectivity index (χ2n) is 5.62. The van der Waals surface area contributed by atoms with Gasteiger partial charge in [0.1, 0.15) is 0 Å². The second kappa shape index (κ2) is 8.30. The number of hydrogen-bond acceptors (Lipinski definition) is 4.